The zero-order chi connectivity index (χ0) is 16.2. The van der Waals surface area contributed by atoms with Crippen LogP contribution in [0.4, 0.5) is 0 Å². The Morgan fingerprint density at radius 1 is 1.52 bits per heavy atom. The lowest BCUT2D eigenvalue weighted by Crippen LogP contribution is -2.10. The van der Waals surface area contributed by atoms with Gasteiger partial charge in [0.15, 0.2) is 5.78 Å². The summed E-state index contributed by atoms with van der Waals surface area (Å²) in [5, 5.41) is 9.93. The Labute approximate surface area is 135 Å². The average molecular weight is 309 g/mol. The summed E-state index contributed by atoms with van der Waals surface area (Å²) in [4.78, 5) is 18.8. The Bertz CT molecular complexity index is 792. The molecule has 1 fully saturated rings. The Morgan fingerprint density at radius 3 is 3.00 bits per heavy atom. The molecule has 5 nitrogen and oxygen atoms in total. The summed E-state index contributed by atoms with van der Waals surface area (Å²) < 4.78 is 5.99. The van der Waals surface area contributed by atoms with Crippen molar-refractivity contribution in [3.63, 3.8) is 0 Å². The van der Waals surface area contributed by atoms with E-state index in [1.165, 1.54) is 19.8 Å². The molecule has 0 aromatic carbocycles. The minimum atomic E-state index is -0.212. The van der Waals surface area contributed by atoms with Gasteiger partial charge in [0.1, 0.15) is 17.5 Å². The number of H-pyrrole nitrogens is 1. The standard InChI is InChI=1S/C18H19N3O2/c1-12(22)13(9-19)6-7-14-10-20-18-17(14)8-16(11-21-18)23-15-4-2-3-5-15/h6,8,10-11,15H,2-5,7H2,1H3,(H,20,21). The number of aromatic nitrogens is 2. The summed E-state index contributed by atoms with van der Waals surface area (Å²) in [6.07, 6.45) is 10.7. The molecule has 0 unspecified atom stereocenters. The molecule has 2 aromatic heterocycles. The molecule has 0 spiro atoms. The van der Waals surface area contributed by atoms with E-state index >= 15 is 0 Å². The number of rotatable bonds is 5. The number of allylic oxidation sites excluding steroid dienone is 2. The predicted molar refractivity (Wildman–Crippen MR) is 87.1 cm³/mol. The third-order valence-corrected chi connectivity index (χ3v) is 4.22. The SMILES string of the molecule is CC(=O)C(C#N)=CCc1c[nH]c2ncc(OC3CCCC3)cc12. The van der Waals surface area contributed by atoms with E-state index in [0.29, 0.717) is 12.5 Å². The van der Waals surface area contributed by atoms with Crippen molar-refractivity contribution in [2.45, 2.75) is 45.1 Å². The van der Waals surface area contributed by atoms with Crippen LogP contribution in [-0.2, 0) is 11.2 Å². The molecule has 1 N–H and O–H groups in total. The molecule has 2 aromatic rings. The lowest BCUT2D eigenvalue weighted by molar-refractivity contribution is -0.113. The molecule has 0 amide bonds. The number of fused-ring (bicyclic) bond motifs is 1. The first kappa shape index (κ1) is 15.3. The maximum atomic E-state index is 11.3. The van der Waals surface area contributed by atoms with Crippen LogP contribution in [0, 0.1) is 11.3 Å². The largest absolute Gasteiger partial charge is 0.489 e. The highest BCUT2D eigenvalue weighted by molar-refractivity contribution is 5.97. The van der Waals surface area contributed by atoms with E-state index < -0.39 is 0 Å². The Kier molecular flexibility index (Phi) is 4.42. The van der Waals surface area contributed by atoms with Gasteiger partial charge >= 0.3 is 0 Å². The smallest absolute Gasteiger partial charge is 0.169 e. The molecule has 118 valence electrons. The number of nitrogens with one attached hydrogen (secondary N) is 1. The number of ketones is 1. The third-order valence-electron chi connectivity index (χ3n) is 4.22. The summed E-state index contributed by atoms with van der Waals surface area (Å²) in [5.74, 6) is 0.567. The monoisotopic (exact) mass is 309 g/mol. The third kappa shape index (κ3) is 3.42. The highest BCUT2D eigenvalue weighted by atomic mass is 16.5. The molecule has 5 heteroatoms. The van der Waals surface area contributed by atoms with Crippen molar-refractivity contribution in [1.29, 1.82) is 5.26 Å². The molecule has 0 bridgehead atoms. The van der Waals surface area contributed by atoms with Crippen LogP contribution in [0.3, 0.4) is 0 Å². The van der Waals surface area contributed by atoms with Crippen molar-refractivity contribution >= 4 is 16.8 Å². The number of nitrogens with zero attached hydrogens (tertiary/aromatic N) is 2. The zero-order valence-electron chi connectivity index (χ0n) is 13.1. The van der Waals surface area contributed by atoms with Gasteiger partial charge in [-0.1, -0.05) is 6.08 Å². The van der Waals surface area contributed by atoms with Gasteiger partial charge in [0.05, 0.1) is 17.9 Å². The van der Waals surface area contributed by atoms with Crippen molar-refractivity contribution in [1.82, 2.24) is 9.97 Å². The lowest BCUT2D eigenvalue weighted by Gasteiger charge is -2.12. The first-order valence-corrected chi connectivity index (χ1v) is 7.91. The molecule has 0 saturated heterocycles. The van der Waals surface area contributed by atoms with E-state index in [0.717, 1.165) is 35.2 Å². The Morgan fingerprint density at radius 2 is 2.30 bits per heavy atom. The fourth-order valence-corrected chi connectivity index (χ4v) is 2.95. The van der Waals surface area contributed by atoms with Crippen LogP contribution in [0.25, 0.3) is 11.0 Å². The molecule has 3 rings (SSSR count). The van der Waals surface area contributed by atoms with E-state index in [1.54, 1.807) is 12.3 Å². The number of Topliss-reactive ketones (excluding diaryl/α,β-unsaturated/α-hetero) is 1. The van der Waals surface area contributed by atoms with Gasteiger partial charge in [0, 0.05) is 11.6 Å². The minimum absolute atomic E-state index is 0.186. The van der Waals surface area contributed by atoms with Gasteiger partial charge < -0.3 is 9.72 Å². The fourth-order valence-electron chi connectivity index (χ4n) is 2.95. The molecular formula is C18H19N3O2. The summed E-state index contributed by atoms with van der Waals surface area (Å²) in [5.41, 5.74) is 1.97. The van der Waals surface area contributed by atoms with Gasteiger partial charge in [-0.05, 0) is 50.7 Å². The molecule has 2 heterocycles. The van der Waals surface area contributed by atoms with Crippen LogP contribution in [0.2, 0.25) is 0 Å². The average Bonchev–Trinajstić information content (AvgIpc) is 3.17. The van der Waals surface area contributed by atoms with Gasteiger partial charge in [0.2, 0.25) is 0 Å². The highest BCUT2D eigenvalue weighted by Crippen LogP contribution is 2.27. The number of carbonyl (C=O) groups excluding carboxylic acids is 1. The molecule has 0 radical (unpaired) electrons. The zero-order valence-corrected chi connectivity index (χ0v) is 13.1. The maximum Gasteiger partial charge on any atom is 0.169 e. The van der Waals surface area contributed by atoms with Crippen molar-refractivity contribution < 1.29 is 9.53 Å². The van der Waals surface area contributed by atoms with E-state index in [1.807, 2.05) is 18.3 Å². The van der Waals surface area contributed by atoms with Crippen molar-refractivity contribution in [2.75, 3.05) is 0 Å². The van der Waals surface area contributed by atoms with Gasteiger partial charge in [-0.2, -0.15) is 5.26 Å². The summed E-state index contributed by atoms with van der Waals surface area (Å²) in [6, 6.07) is 3.92. The Hall–Kier alpha value is -2.61. The van der Waals surface area contributed by atoms with Gasteiger partial charge in [-0.25, -0.2) is 4.98 Å². The summed E-state index contributed by atoms with van der Waals surface area (Å²) in [6.45, 7) is 1.40. The normalized spacial score (nSPS) is 15.7. The quantitative estimate of drug-likeness (QED) is 0.677. The van der Waals surface area contributed by atoms with Crippen LogP contribution in [0.1, 0.15) is 38.2 Å². The molecular weight excluding hydrogens is 290 g/mol. The van der Waals surface area contributed by atoms with Crippen molar-refractivity contribution in [2.24, 2.45) is 0 Å². The van der Waals surface area contributed by atoms with E-state index in [-0.39, 0.29) is 11.4 Å². The molecule has 0 atom stereocenters. The number of ether oxygens (including phenoxy) is 1. The number of hydrogen-bond donors (Lipinski definition) is 1. The molecule has 0 aliphatic heterocycles. The number of hydrogen-bond acceptors (Lipinski definition) is 4. The van der Waals surface area contributed by atoms with E-state index in [2.05, 4.69) is 9.97 Å². The molecule has 23 heavy (non-hydrogen) atoms. The second-order valence-corrected chi connectivity index (χ2v) is 5.90. The second-order valence-electron chi connectivity index (χ2n) is 5.90. The minimum Gasteiger partial charge on any atom is -0.489 e. The number of carbonyl (C=O) groups is 1. The van der Waals surface area contributed by atoms with Gasteiger partial charge in [-0.3, -0.25) is 4.79 Å². The first-order chi connectivity index (χ1) is 11.2. The second kappa shape index (κ2) is 6.66. The van der Waals surface area contributed by atoms with Crippen LogP contribution in [0.15, 0.2) is 30.1 Å². The van der Waals surface area contributed by atoms with Crippen molar-refractivity contribution in [3.05, 3.63) is 35.7 Å². The molecule has 1 aliphatic rings. The Balaban J connectivity index is 1.83. The maximum absolute atomic E-state index is 11.3. The van der Waals surface area contributed by atoms with Gasteiger partial charge in [0.25, 0.3) is 0 Å². The van der Waals surface area contributed by atoms with Crippen LogP contribution in [0.5, 0.6) is 5.75 Å². The van der Waals surface area contributed by atoms with Crippen LogP contribution >= 0.6 is 0 Å². The van der Waals surface area contributed by atoms with Crippen LogP contribution in [-0.4, -0.2) is 21.9 Å². The van der Waals surface area contributed by atoms with Crippen LogP contribution < -0.4 is 4.74 Å². The fraction of sp³-hybridized carbons (Fsp3) is 0.389. The molecule has 1 aliphatic carbocycles. The van der Waals surface area contributed by atoms with E-state index in [9.17, 15) is 4.79 Å². The highest BCUT2D eigenvalue weighted by Gasteiger charge is 2.17. The number of pyridine rings is 1. The van der Waals surface area contributed by atoms with Crippen molar-refractivity contribution in [3.8, 4) is 11.8 Å². The topological polar surface area (TPSA) is 78.8 Å². The molecule has 1 saturated carbocycles. The van der Waals surface area contributed by atoms with Gasteiger partial charge in [-0.15, -0.1) is 0 Å². The number of nitriles is 1. The predicted octanol–water partition coefficient (Wildman–Crippen LogP) is 3.47. The first-order valence-electron chi connectivity index (χ1n) is 7.91. The van der Waals surface area contributed by atoms with E-state index in [4.69, 9.17) is 10.00 Å². The lowest BCUT2D eigenvalue weighted by atomic mass is 10.1. The summed E-state index contributed by atoms with van der Waals surface area (Å²) in [7, 11) is 0. The summed E-state index contributed by atoms with van der Waals surface area (Å²) >= 11 is 0. The number of aromatic amines is 1.